The normalized spacial score (nSPS) is 12.1. The number of carbonyl (C=O) groups is 1. The Hall–Kier alpha value is -2.97. The SMILES string of the molecule is CC(=O)N(O)c1ccc(C(c2c(C)csc2[N+](=O)[O-])S(=O)(=O)Oc2ccc(N(CCCl)CCCl)cc2)cn1. The van der Waals surface area contributed by atoms with E-state index in [0.29, 0.717) is 35.5 Å². The van der Waals surface area contributed by atoms with Crippen molar-refractivity contribution in [2.75, 3.05) is 34.8 Å². The minimum atomic E-state index is -4.57. The number of aryl methyl sites for hydroxylation is 1. The van der Waals surface area contributed by atoms with E-state index in [4.69, 9.17) is 27.4 Å². The number of nitrogens with zero attached hydrogens (tertiary/aromatic N) is 4. The van der Waals surface area contributed by atoms with Gasteiger partial charge in [-0.05, 0) is 48.4 Å². The summed E-state index contributed by atoms with van der Waals surface area (Å²) in [6, 6.07) is 8.78. The number of hydroxylamine groups is 1. The molecule has 0 radical (unpaired) electrons. The molecule has 3 aromatic rings. The van der Waals surface area contributed by atoms with Crippen LogP contribution in [0, 0.1) is 17.0 Å². The number of hydrogen-bond donors (Lipinski definition) is 1. The molecule has 2 heterocycles. The zero-order valence-electron chi connectivity index (χ0n) is 20.3. The van der Waals surface area contributed by atoms with Gasteiger partial charge in [-0.1, -0.05) is 17.4 Å². The quantitative estimate of drug-likeness (QED) is 0.101. The van der Waals surface area contributed by atoms with Crippen molar-refractivity contribution in [3.8, 4) is 5.75 Å². The summed E-state index contributed by atoms with van der Waals surface area (Å²) in [5, 5.41) is 21.4. The predicted octanol–water partition coefficient (Wildman–Crippen LogP) is 4.88. The molecule has 204 valence electrons. The number of thiophene rings is 1. The highest BCUT2D eigenvalue weighted by Gasteiger charge is 2.39. The number of benzene rings is 1. The molecular weight excluding hydrogens is 579 g/mol. The minimum absolute atomic E-state index is 0.00586. The first-order chi connectivity index (χ1) is 18.0. The van der Waals surface area contributed by atoms with Gasteiger partial charge in [0.05, 0.1) is 10.5 Å². The van der Waals surface area contributed by atoms with Crippen LogP contribution in [0.2, 0.25) is 0 Å². The molecule has 2 aromatic heterocycles. The van der Waals surface area contributed by atoms with Gasteiger partial charge in [0.25, 0.3) is 0 Å². The standard InChI is InChI=1S/C23H24Cl2N4O7S2/c1-15-14-37-23(29(32)33)21(15)22(17-3-8-20(26-13-17)28(31)16(2)30)38(34,35)36-19-6-4-18(5-7-19)27(11-9-24)12-10-25/h3-8,13-14,22,31H,9-12H2,1-2H3. The molecular formula is C23H24Cl2N4O7S2. The number of halogens is 2. The maximum atomic E-state index is 13.6. The van der Waals surface area contributed by atoms with Crippen LogP contribution in [-0.2, 0) is 14.9 Å². The molecule has 15 heteroatoms. The molecule has 38 heavy (non-hydrogen) atoms. The number of amides is 1. The molecule has 11 nitrogen and oxygen atoms in total. The highest BCUT2D eigenvalue weighted by Crippen LogP contribution is 2.42. The predicted molar refractivity (Wildman–Crippen MR) is 146 cm³/mol. The lowest BCUT2D eigenvalue weighted by atomic mass is 10.0. The van der Waals surface area contributed by atoms with E-state index in [9.17, 15) is 28.5 Å². The van der Waals surface area contributed by atoms with Gasteiger partial charge in [0.2, 0.25) is 5.91 Å². The fourth-order valence-corrected chi connectivity index (χ4v) is 6.61. The van der Waals surface area contributed by atoms with Crippen LogP contribution in [-0.4, -0.2) is 54.3 Å². The van der Waals surface area contributed by atoms with Crippen LogP contribution in [0.3, 0.4) is 0 Å². The summed E-state index contributed by atoms with van der Waals surface area (Å²) in [6.07, 6.45) is 1.12. The van der Waals surface area contributed by atoms with E-state index in [-0.39, 0.29) is 27.7 Å². The van der Waals surface area contributed by atoms with Gasteiger partial charge < -0.3 is 9.08 Å². The van der Waals surface area contributed by atoms with E-state index in [0.717, 1.165) is 30.1 Å². The number of pyridine rings is 1. The van der Waals surface area contributed by atoms with Gasteiger partial charge in [-0.3, -0.25) is 20.1 Å². The summed E-state index contributed by atoms with van der Waals surface area (Å²) in [6.45, 7) is 3.75. The fraction of sp³-hybridized carbons (Fsp3) is 0.304. The third kappa shape index (κ3) is 6.72. The molecule has 0 fully saturated rings. The minimum Gasteiger partial charge on any atom is -0.382 e. The van der Waals surface area contributed by atoms with Crippen molar-refractivity contribution in [1.82, 2.24) is 4.98 Å². The van der Waals surface area contributed by atoms with Gasteiger partial charge >= 0.3 is 15.1 Å². The highest BCUT2D eigenvalue weighted by molar-refractivity contribution is 7.87. The molecule has 1 amide bonds. The van der Waals surface area contributed by atoms with Gasteiger partial charge in [-0.15, -0.1) is 23.2 Å². The lowest BCUT2D eigenvalue weighted by Crippen LogP contribution is -2.27. The topological polar surface area (TPSA) is 143 Å². The van der Waals surface area contributed by atoms with Crippen molar-refractivity contribution >= 4 is 67.1 Å². The van der Waals surface area contributed by atoms with Crippen LogP contribution in [0.15, 0.2) is 48.0 Å². The Balaban J connectivity index is 2.04. The Bertz CT molecular complexity index is 1380. The largest absolute Gasteiger partial charge is 0.382 e. The monoisotopic (exact) mass is 602 g/mol. The average molecular weight is 604 g/mol. The van der Waals surface area contributed by atoms with E-state index >= 15 is 0 Å². The van der Waals surface area contributed by atoms with Crippen molar-refractivity contribution in [2.45, 2.75) is 19.1 Å². The number of nitro groups is 1. The van der Waals surface area contributed by atoms with E-state index < -0.39 is 26.2 Å². The first-order valence-corrected chi connectivity index (χ1v) is 14.5. The van der Waals surface area contributed by atoms with Gasteiger partial charge in [-0.25, -0.2) is 4.98 Å². The van der Waals surface area contributed by atoms with E-state index in [2.05, 4.69) is 4.98 Å². The molecule has 3 rings (SSSR count). The molecule has 1 N–H and O–H groups in total. The van der Waals surface area contributed by atoms with Crippen LogP contribution in [0.1, 0.15) is 28.9 Å². The summed E-state index contributed by atoms with van der Waals surface area (Å²) < 4.78 is 32.7. The molecule has 1 aromatic carbocycles. The maximum Gasteiger partial charge on any atom is 0.329 e. The van der Waals surface area contributed by atoms with E-state index in [1.54, 1.807) is 19.1 Å². The molecule has 0 aliphatic carbocycles. The van der Waals surface area contributed by atoms with Crippen LogP contribution in [0.4, 0.5) is 16.5 Å². The first-order valence-electron chi connectivity index (χ1n) is 11.1. The molecule has 0 spiro atoms. The highest BCUT2D eigenvalue weighted by atomic mass is 35.5. The smallest absolute Gasteiger partial charge is 0.329 e. The number of carbonyl (C=O) groups excluding carboxylic acids is 1. The van der Waals surface area contributed by atoms with Gasteiger partial charge in [0.15, 0.2) is 11.1 Å². The van der Waals surface area contributed by atoms with Crippen molar-refractivity contribution in [2.24, 2.45) is 0 Å². The van der Waals surface area contributed by atoms with Gasteiger partial charge in [0, 0.05) is 49.0 Å². The summed E-state index contributed by atoms with van der Waals surface area (Å²) in [7, 11) is -4.57. The van der Waals surface area contributed by atoms with E-state index in [1.807, 2.05) is 4.90 Å². The van der Waals surface area contributed by atoms with Gasteiger partial charge in [-0.2, -0.15) is 13.5 Å². The van der Waals surface area contributed by atoms with Crippen LogP contribution in [0.25, 0.3) is 0 Å². The summed E-state index contributed by atoms with van der Waals surface area (Å²) >= 11 is 12.5. The lowest BCUT2D eigenvalue weighted by Gasteiger charge is -2.23. The van der Waals surface area contributed by atoms with Crippen LogP contribution < -0.4 is 14.1 Å². The summed E-state index contributed by atoms with van der Waals surface area (Å²) in [5.74, 6) is -0.118. The molecule has 0 saturated heterocycles. The number of hydrogen-bond acceptors (Lipinski definition) is 10. The Labute approximate surface area is 233 Å². The van der Waals surface area contributed by atoms with Crippen molar-refractivity contribution in [3.63, 3.8) is 0 Å². The Morgan fingerprint density at radius 2 is 1.82 bits per heavy atom. The lowest BCUT2D eigenvalue weighted by molar-refractivity contribution is -0.380. The molecule has 1 unspecified atom stereocenters. The number of aromatic nitrogens is 1. The third-order valence-corrected chi connectivity index (χ3v) is 8.34. The number of alkyl halides is 2. The zero-order chi connectivity index (χ0) is 28.0. The van der Waals surface area contributed by atoms with Crippen molar-refractivity contribution < 1.29 is 27.5 Å². The number of rotatable bonds is 12. The van der Waals surface area contributed by atoms with Crippen LogP contribution in [0.5, 0.6) is 5.75 Å². The second-order valence-electron chi connectivity index (χ2n) is 7.99. The van der Waals surface area contributed by atoms with Crippen LogP contribution >= 0.6 is 34.5 Å². The fourth-order valence-electron chi connectivity index (χ4n) is 3.69. The molecule has 0 bridgehead atoms. The third-order valence-electron chi connectivity index (χ3n) is 5.43. The molecule has 0 aliphatic rings. The Kier molecular flexibility index (Phi) is 9.90. The van der Waals surface area contributed by atoms with Gasteiger partial charge in [0.1, 0.15) is 5.75 Å². The van der Waals surface area contributed by atoms with Crippen molar-refractivity contribution in [3.05, 3.63) is 74.8 Å². The zero-order valence-corrected chi connectivity index (χ0v) is 23.4. The number of anilines is 2. The molecule has 1 atom stereocenters. The average Bonchev–Trinajstić information content (AvgIpc) is 3.25. The molecule has 0 saturated carbocycles. The van der Waals surface area contributed by atoms with Crippen molar-refractivity contribution in [1.29, 1.82) is 0 Å². The summed E-state index contributed by atoms with van der Waals surface area (Å²) in [5.41, 5.74) is 1.12. The molecule has 0 aliphatic heterocycles. The maximum absolute atomic E-state index is 13.6. The Morgan fingerprint density at radius 1 is 1.18 bits per heavy atom. The Morgan fingerprint density at radius 3 is 2.32 bits per heavy atom. The first kappa shape index (κ1) is 29.6. The second kappa shape index (κ2) is 12.7. The van der Waals surface area contributed by atoms with E-state index in [1.165, 1.54) is 29.6 Å². The summed E-state index contributed by atoms with van der Waals surface area (Å²) in [4.78, 5) is 28.4. The second-order valence-corrected chi connectivity index (χ2v) is 11.2.